The van der Waals surface area contributed by atoms with Gasteiger partial charge >= 0.3 is 5.97 Å². The van der Waals surface area contributed by atoms with Crippen LogP contribution in [0.4, 0.5) is 0 Å². The molecule has 142 valence electrons. The molecule has 1 aliphatic heterocycles. The molecular formula is C17H29N3O4S. The lowest BCUT2D eigenvalue weighted by Crippen LogP contribution is -2.60. The molecule has 1 fully saturated rings. The number of piperazine rings is 1. The van der Waals surface area contributed by atoms with E-state index in [0.717, 1.165) is 19.3 Å². The minimum atomic E-state index is -0.751. The standard InChI is InChI=1S/C17H29N3O4S/c1-4-5-6-14(21)19-17(25)20-9-8-18-16(23)13(20)11-15(22)24-10-7-12(2)3/h12-13H,4-11H2,1-3H3,(H,18,23)(H,19,21,25). The normalized spacial score (nSPS) is 17.2. The summed E-state index contributed by atoms with van der Waals surface area (Å²) in [5, 5.41) is 5.57. The van der Waals surface area contributed by atoms with Crippen LogP contribution in [0.2, 0.25) is 0 Å². The zero-order chi connectivity index (χ0) is 18.8. The number of hydrogen-bond acceptors (Lipinski definition) is 5. The van der Waals surface area contributed by atoms with Crippen LogP contribution in [0.3, 0.4) is 0 Å². The van der Waals surface area contributed by atoms with Gasteiger partial charge in [-0.2, -0.15) is 0 Å². The Bertz CT molecular complexity index is 496. The minimum absolute atomic E-state index is 0.0884. The second-order valence-electron chi connectivity index (χ2n) is 6.56. The summed E-state index contributed by atoms with van der Waals surface area (Å²) in [5.74, 6) is -0.450. The van der Waals surface area contributed by atoms with Crippen molar-refractivity contribution in [3.8, 4) is 0 Å². The van der Waals surface area contributed by atoms with Crippen molar-refractivity contribution < 1.29 is 19.1 Å². The number of rotatable bonds is 8. The Kier molecular flexibility index (Phi) is 9.41. The second kappa shape index (κ2) is 11.0. The van der Waals surface area contributed by atoms with E-state index in [1.807, 2.05) is 20.8 Å². The number of ether oxygens (including phenoxy) is 1. The molecule has 1 atom stereocenters. The highest BCUT2D eigenvalue weighted by atomic mass is 32.1. The first-order chi connectivity index (χ1) is 11.8. The summed E-state index contributed by atoms with van der Waals surface area (Å²) in [5.41, 5.74) is 0. The zero-order valence-corrected chi connectivity index (χ0v) is 16.1. The van der Waals surface area contributed by atoms with E-state index < -0.39 is 12.0 Å². The number of amides is 2. The number of esters is 1. The van der Waals surface area contributed by atoms with Gasteiger partial charge in [-0.15, -0.1) is 0 Å². The van der Waals surface area contributed by atoms with Crippen LogP contribution in [0, 0.1) is 5.92 Å². The molecule has 25 heavy (non-hydrogen) atoms. The lowest BCUT2D eigenvalue weighted by Gasteiger charge is -2.36. The van der Waals surface area contributed by atoms with Crippen molar-refractivity contribution in [2.75, 3.05) is 19.7 Å². The number of thiocarbonyl (C=S) groups is 1. The van der Waals surface area contributed by atoms with Crippen LogP contribution in [-0.4, -0.2) is 53.5 Å². The zero-order valence-electron chi connectivity index (χ0n) is 15.3. The van der Waals surface area contributed by atoms with Gasteiger partial charge in [0.25, 0.3) is 0 Å². The Morgan fingerprint density at radius 2 is 2.16 bits per heavy atom. The Morgan fingerprint density at radius 3 is 2.80 bits per heavy atom. The average molecular weight is 372 g/mol. The molecular weight excluding hydrogens is 342 g/mol. The Hall–Kier alpha value is -1.70. The molecule has 0 spiro atoms. The van der Waals surface area contributed by atoms with Gasteiger partial charge in [-0.3, -0.25) is 14.4 Å². The van der Waals surface area contributed by atoms with Gasteiger partial charge in [0.15, 0.2) is 5.11 Å². The molecule has 2 amide bonds. The highest BCUT2D eigenvalue weighted by molar-refractivity contribution is 7.80. The fraction of sp³-hybridized carbons (Fsp3) is 0.765. The molecule has 1 saturated heterocycles. The SMILES string of the molecule is CCCCC(=O)NC(=S)N1CCNC(=O)C1CC(=O)OCCC(C)C. The first-order valence-corrected chi connectivity index (χ1v) is 9.29. The Balaban J connectivity index is 2.60. The summed E-state index contributed by atoms with van der Waals surface area (Å²) in [7, 11) is 0. The predicted octanol–water partition coefficient (Wildman–Crippen LogP) is 1.36. The summed E-state index contributed by atoms with van der Waals surface area (Å²) >= 11 is 5.27. The molecule has 0 aliphatic carbocycles. The molecule has 1 heterocycles. The fourth-order valence-corrected chi connectivity index (χ4v) is 2.71. The molecule has 0 aromatic rings. The number of carbonyl (C=O) groups is 3. The van der Waals surface area contributed by atoms with Crippen LogP contribution < -0.4 is 10.6 Å². The third-order valence-corrected chi connectivity index (χ3v) is 4.25. The third kappa shape index (κ3) is 7.81. The predicted molar refractivity (Wildman–Crippen MR) is 98.8 cm³/mol. The molecule has 0 bridgehead atoms. The van der Waals surface area contributed by atoms with Crippen molar-refractivity contribution in [3.63, 3.8) is 0 Å². The highest BCUT2D eigenvalue weighted by Gasteiger charge is 2.34. The molecule has 2 N–H and O–H groups in total. The van der Waals surface area contributed by atoms with Gasteiger partial charge in [0.2, 0.25) is 11.8 Å². The molecule has 1 aliphatic rings. The van der Waals surface area contributed by atoms with E-state index >= 15 is 0 Å². The van der Waals surface area contributed by atoms with Crippen molar-refractivity contribution >= 4 is 35.1 Å². The molecule has 1 unspecified atom stereocenters. The van der Waals surface area contributed by atoms with Crippen LogP contribution in [-0.2, 0) is 19.1 Å². The van der Waals surface area contributed by atoms with E-state index in [4.69, 9.17) is 17.0 Å². The summed E-state index contributed by atoms with van der Waals surface area (Å²) in [6, 6.07) is -0.751. The van der Waals surface area contributed by atoms with E-state index in [9.17, 15) is 14.4 Å². The van der Waals surface area contributed by atoms with E-state index in [1.54, 1.807) is 4.90 Å². The number of unbranched alkanes of at least 4 members (excludes halogenated alkanes) is 1. The minimum Gasteiger partial charge on any atom is -0.466 e. The highest BCUT2D eigenvalue weighted by Crippen LogP contribution is 2.11. The van der Waals surface area contributed by atoms with Gasteiger partial charge in [0.05, 0.1) is 13.0 Å². The number of nitrogens with zero attached hydrogens (tertiary/aromatic N) is 1. The summed E-state index contributed by atoms with van der Waals surface area (Å²) in [6.07, 6.45) is 2.77. The molecule has 8 heteroatoms. The lowest BCUT2D eigenvalue weighted by atomic mass is 10.1. The lowest BCUT2D eigenvalue weighted by molar-refractivity contribution is -0.147. The van der Waals surface area contributed by atoms with Crippen LogP contribution in [0.1, 0.15) is 52.9 Å². The van der Waals surface area contributed by atoms with Crippen molar-refractivity contribution in [1.82, 2.24) is 15.5 Å². The number of carbonyl (C=O) groups excluding carboxylic acids is 3. The molecule has 0 aromatic carbocycles. The van der Waals surface area contributed by atoms with Gasteiger partial charge in [0.1, 0.15) is 6.04 Å². The topological polar surface area (TPSA) is 87.7 Å². The van der Waals surface area contributed by atoms with Gasteiger partial charge in [-0.25, -0.2) is 0 Å². The van der Waals surface area contributed by atoms with Crippen LogP contribution >= 0.6 is 12.2 Å². The smallest absolute Gasteiger partial charge is 0.308 e. The van der Waals surface area contributed by atoms with Gasteiger partial charge in [0, 0.05) is 19.5 Å². The van der Waals surface area contributed by atoms with E-state index in [-0.39, 0.29) is 23.3 Å². The quantitative estimate of drug-likeness (QED) is 0.495. The van der Waals surface area contributed by atoms with Crippen LogP contribution in [0.25, 0.3) is 0 Å². The number of hydrogen-bond donors (Lipinski definition) is 2. The third-order valence-electron chi connectivity index (χ3n) is 3.91. The van der Waals surface area contributed by atoms with Crippen LogP contribution in [0.5, 0.6) is 0 Å². The van der Waals surface area contributed by atoms with Crippen molar-refractivity contribution in [2.45, 2.75) is 58.9 Å². The molecule has 0 aromatic heterocycles. The van der Waals surface area contributed by atoms with Crippen LogP contribution in [0.15, 0.2) is 0 Å². The maximum absolute atomic E-state index is 12.2. The fourth-order valence-electron chi connectivity index (χ4n) is 2.38. The van der Waals surface area contributed by atoms with Gasteiger partial charge in [-0.05, 0) is 31.0 Å². The monoisotopic (exact) mass is 371 g/mol. The molecule has 0 saturated carbocycles. The maximum atomic E-state index is 12.2. The van der Waals surface area contributed by atoms with Crippen molar-refractivity contribution in [3.05, 3.63) is 0 Å². The number of nitrogens with one attached hydrogen (secondary N) is 2. The summed E-state index contributed by atoms with van der Waals surface area (Å²) < 4.78 is 5.19. The maximum Gasteiger partial charge on any atom is 0.308 e. The second-order valence-corrected chi connectivity index (χ2v) is 6.95. The Morgan fingerprint density at radius 1 is 1.44 bits per heavy atom. The van der Waals surface area contributed by atoms with Crippen molar-refractivity contribution in [1.29, 1.82) is 0 Å². The summed E-state index contributed by atoms with van der Waals surface area (Å²) in [4.78, 5) is 37.6. The first kappa shape index (κ1) is 21.3. The largest absolute Gasteiger partial charge is 0.466 e. The van der Waals surface area contributed by atoms with Gasteiger partial charge in [-0.1, -0.05) is 27.2 Å². The molecule has 0 radical (unpaired) electrons. The van der Waals surface area contributed by atoms with E-state index in [0.29, 0.717) is 32.0 Å². The van der Waals surface area contributed by atoms with E-state index in [1.165, 1.54) is 0 Å². The average Bonchev–Trinajstić information content (AvgIpc) is 2.54. The first-order valence-electron chi connectivity index (χ1n) is 8.88. The van der Waals surface area contributed by atoms with Gasteiger partial charge < -0.3 is 20.3 Å². The molecule has 1 rings (SSSR count). The summed E-state index contributed by atoms with van der Waals surface area (Å²) in [6.45, 7) is 7.30. The van der Waals surface area contributed by atoms with Crippen molar-refractivity contribution in [2.24, 2.45) is 5.92 Å². The van der Waals surface area contributed by atoms with E-state index in [2.05, 4.69) is 10.6 Å². The molecule has 7 nitrogen and oxygen atoms in total. The Labute approximate surface area is 154 Å².